The Kier molecular flexibility index (Phi) is 5.91. The van der Waals surface area contributed by atoms with Crippen molar-refractivity contribution in [3.8, 4) is 0 Å². The third kappa shape index (κ3) is 4.62. The third-order valence-electron chi connectivity index (χ3n) is 5.11. The number of nitrogens with one attached hydrogen (secondary N) is 1. The number of amides is 2. The van der Waals surface area contributed by atoms with Crippen molar-refractivity contribution in [1.29, 1.82) is 0 Å². The zero-order chi connectivity index (χ0) is 20.5. The molecule has 0 aliphatic heterocycles. The Bertz CT molecular complexity index is 878. The SMILES string of the molecule is CN(CC(=O)Nc1sc2c(c1C(N)=O)CCC2)Cc1ccc(C(C)(C)C)cc1. The minimum atomic E-state index is -0.456. The van der Waals surface area contributed by atoms with E-state index in [-0.39, 0.29) is 17.9 Å². The van der Waals surface area contributed by atoms with Gasteiger partial charge in [-0.3, -0.25) is 14.5 Å². The van der Waals surface area contributed by atoms with Crippen molar-refractivity contribution >= 4 is 28.2 Å². The normalized spacial score (nSPS) is 13.6. The lowest BCUT2D eigenvalue weighted by molar-refractivity contribution is -0.117. The minimum Gasteiger partial charge on any atom is -0.365 e. The smallest absolute Gasteiger partial charge is 0.251 e. The van der Waals surface area contributed by atoms with E-state index in [2.05, 4.69) is 50.4 Å². The number of hydrogen-bond acceptors (Lipinski definition) is 4. The van der Waals surface area contributed by atoms with Crippen LogP contribution in [0, 0.1) is 0 Å². The number of likely N-dealkylation sites (N-methyl/N-ethyl adjacent to an activating group) is 1. The van der Waals surface area contributed by atoms with Crippen LogP contribution >= 0.6 is 11.3 Å². The summed E-state index contributed by atoms with van der Waals surface area (Å²) in [6.07, 6.45) is 2.87. The van der Waals surface area contributed by atoms with Gasteiger partial charge in [0.2, 0.25) is 5.91 Å². The van der Waals surface area contributed by atoms with Crippen molar-refractivity contribution in [2.24, 2.45) is 5.73 Å². The Morgan fingerprint density at radius 3 is 2.46 bits per heavy atom. The summed E-state index contributed by atoms with van der Waals surface area (Å²) in [5.41, 5.74) is 9.68. The molecule has 0 unspecified atom stereocenters. The number of benzene rings is 1. The highest BCUT2D eigenvalue weighted by molar-refractivity contribution is 7.17. The second-order valence-electron chi connectivity index (χ2n) is 8.59. The van der Waals surface area contributed by atoms with Gasteiger partial charge in [0.15, 0.2) is 0 Å². The van der Waals surface area contributed by atoms with Crippen LogP contribution in [0.1, 0.15) is 59.1 Å². The van der Waals surface area contributed by atoms with Crippen LogP contribution in [0.25, 0.3) is 0 Å². The van der Waals surface area contributed by atoms with Crippen molar-refractivity contribution < 1.29 is 9.59 Å². The number of carbonyl (C=O) groups is 2. The highest BCUT2D eigenvalue weighted by Gasteiger charge is 2.26. The highest BCUT2D eigenvalue weighted by Crippen LogP contribution is 2.38. The minimum absolute atomic E-state index is 0.128. The molecule has 1 aliphatic rings. The third-order valence-corrected chi connectivity index (χ3v) is 6.31. The lowest BCUT2D eigenvalue weighted by Gasteiger charge is -2.20. The first-order valence-electron chi connectivity index (χ1n) is 9.67. The molecule has 1 aromatic heterocycles. The van der Waals surface area contributed by atoms with Crippen LogP contribution < -0.4 is 11.1 Å². The van der Waals surface area contributed by atoms with Gasteiger partial charge in [-0.2, -0.15) is 0 Å². The van der Waals surface area contributed by atoms with E-state index in [0.717, 1.165) is 30.4 Å². The standard InChI is InChI=1S/C22H29N3O2S/c1-22(2,3)15-10-8-14(9-11-15)12-25(4)13-18(26)24-21-19(20(23)27)16-6-5-7-17(16)28-21/h8-11H,5-7,12-13H2,1-4H3,(H2,23,27)(H,24,26). The van der Waals surface area contributed by atoms with Gasteiger partial charge >= 0.3 is 0 Å². The largest absolute Gasteiger partial charge is 0.365 e. The van der Waals surface area contributed by atoms with E-state index in [1.165, 1.54) is 21.8 Å². The average Bonchev–Trinajstić information content (AvgIpc) is 3.14. The molecular weight excluding hydrogens is 370 g/mol. The van der Waals surface area contributed by atoms with E-state index in [0.29, 0.717) is 17.1 Å². The van der Waals surface area contributed by atoms with Crippen molar-refractivity contribution in [2.75, 3.05) is 18.9 Å². The van der Waals surface area contributed by atoms with Crippen LogP contribution in [-0.4, -0.2) is 30.3 Å². The quantitative estimate of drug-likeness (QED) is 0.778. The fourth-order valence-corrected chi connectivity index (χ4v) is 4.95. The zero-order valence-corrected chi connectivity index (χ0v) is 17.9. The van der Waals surface area contributed by atoms with Gasteiger partial charge in [0.05, 0.1) is 12.1 Å². The maximum Gasteiger partial charge on any atom is 0.251 e. The number of anilines is 1. The van der Waals surface area contributed by atoms with E-state index < -0.39 is 5.91 Å². The van der Waals surface area contributed by atoms with Gasteiger partial charge in [0, 0.05) is 11.4 Å². The molecule has 5 nitrogen and oxygen atoms in total. The Balaban J connectivity index is 1.60. The van der Waals surface area contributed by atoms with Crippen molar-refractivity contribution in [3.05, 3.63) is 51.4 Å². The predicted octanol–water partition coefficient (Wildman–Crippen LogP) is 3.70. The molecule has 0 fully saturated rings. The van der Waals surface area contributed by atoms with Crippen LogP contribution in [0.4, 0.5) is 5.00 Å². The molecule has 150 valence electrons. The number of thiophene rings is 1. The van der Waals surface area contributed by atoms with Crippen LogP contribution in [0.3, 0.4) is 0 Å². The number of primary amides is 1. The summed E-state index contributed by atoms with van der Waals surface area (Å²) < 4.78 is 0. The maximum absolute atomic E-state index is 12.5. The molecule has 0 bridgehead atoms. The van der Waals surface area contributed by atoms with E-state index in [9.17, 15) is 9.59 Å². The van der Waals surface area contributed by atoms with Gasteiger partial charge in [-0.1, -0.05) is 45.0 Å². The molecule has 6 heteroatoms. The van der Waals surface area contributed by atoms with Gasteiger partial charge in [0.25, 0.3) is 5.91 Å². The number of nitrogens with two attached hydrogens (primary N) is 1. The fourth-order valence-electron chi connectivity index (χ4n) is 3.64. The van der Waals surface area contributed by atoms with Gasteiger partial charge in [0.1, 0.15) is 5.00 Å². The predicted molar refractivity (Wildman–Crippen MR) is 115 cm³/mol. The van der Waals surface area contributed by atoms with Crippen molar-refractivity contribution in [3.63, 3.8) is 0 Å². The van der Waals surface area contributed by atoms with Crippen LogP contribution in [0.2, 0.25) is 0 Å². The van der Waals surface area contributed by atoms with E-state index in [1.54, 1.807) is 0 Å². The van der Waals surface area contributed by atoms with Gasteiger partial charge in [-0.25, -0.2) is 0 Å². The van der Waals surface area contributed by atoms with Crippen LogP contribution in [-0.2, 0) is 29.6 Å². The second kappa shape index (κ2) is 8.05. The summed E-state index contributed by atoms with van der Waals surface area (Å²) in [5.74, 6) is -0.585. The Labute approximate surface area is 170 Å². The number of rotatable bonds is 6. The molecule has 0 saturated carbocycles. The molecule has 2 aromatic rings. The number of fused-ring (bicyclic) bond motifs is 1. The summed E-state index contributed by atoms with van der Waals surface area (Å²) in [6.45, 7) is 7.51. The van der Waals surface area contributed by atoms with Crippen molar-refractivity contribution in [1.82, 2.24) is 4.90 Å². The Hall–Kier alpha value is -2.18. The van der Waals surface area contributed by atoms with E-state index in [4.69, 9.17) is 5.73 Å². The summed E-state index contributed by atoms with van der Waals surface area (Å²) in [6, 6.07) is 8.53. The molecule has 1 aliphatic carbocycles. The molecule has 1 aromatic carbocycles. The number of aryl methyl sites for hydroxylation is 1. The molecule has 0 atom stereocenters. The highest BCUT2D eigenvalue weighted by atomic mass is 32.1. The Morgan fingerprint density at radius 1 is 1.18 bits per heavy atom. The van der Waals surface area contributed by atoms with Gasteiger partial charge in [-0.15, -0.1) is 11.3 Å². The lowest BCUT2D eigenvalue weighted by atomic mass is 9.87. The molecule has 0 saturated heterocycles. The van der Waals surface area contributed by atoms with Gasteiger partial charge < -0.3 is 11.1 Å². The monoisotopic (exact) mass is 399 g/mol. The molecule has 0 spiro atoms. The topological polar surface area (TPSA) is 75.4 Å². The lowest BCUT2D eigenvalue weighted by Crippen LogP contribution is -2.30. The number of hydrogen-bond donors (Lipinski definition) is 2. The van der Waals surface area contributed by atoms with Crippen LogP contribution in [0.5, 0.6) is 0 Å². The first-order chi connectivity index (χ1) is 13.1. The summed E-state index contributed by atoms with van der Waals surface area (Å²) in [5, 5.41) is 3.51. The van der Waals surface area contributed by atoms with Crippen LogP contribution in [0.15, 0.2) is 24.3 Å². The van der Waals surface area contributed by atoms with Crippen molar-refractivity contribution in [2.45, 2.75) is 52.0 Å². The average molecular weight is 400 g/mol. The summed E-state index contributed by atoms with van der Waals surface area (Å²) >= 11 is 1.49. The zero-order valence-electron chi connectivity index (χ0n) is 17.1. The second-order valence-corrected chi connectivity index (χ2v) is 9.70. The summed E-state index contributed by atoms with van der Waals surface area (Å²) in [4.78, 5) is 27.5. The molecular formula is C22H29N3O2S. The van der Waals surface area contributed by atoms with E-state index in [1.807, 2.05) is 11.9 Å². The number of carbonyl (C=O) groups excluding carboxylic acids is 2. The molecule has 28 heavy (non-hydrogen) atoms. The first-order valence-corrected chi connectivity index (χ1v) is 10.5. The molecule has 3 N–H and O–H groups in total. The Morgan fingerprint density at radius 2 is 1.86 bits per heavy atom. The first kappa shape index (κ1) is 20.6. The molecule has 1 heterocycles. The molecule has 3 rings (SSSR count). The fraction of sp³-hybridized carbons (Fsp3) is 0.455. The maximum atomic E-state index is 12.5. The molecule has 0 radical (unpaired) electrons. The van der Waals surface area contributed by atoms with Gasteiger partial charge in [-0.05, 0) is 48.4 Å². The van der Waals surface area contributed by atoms with E-state index >= 15 is 0 Å². The summed E-state index contributed by atoms with van der Waals surface area (Å²) in [7, 11) is 1.92. The molecule has 2 amide bonds. The number of nitrogens with zero attached hydrogens (tertiary/aromatic N) is 1.